The number of carbonyl (C=O) groups is 1. The van der Waals surface area contributed by atoms with Gasteiger partial charge in [0.2, 0.25) is 0 Å². The Kier molecular flexibility index (Phi) is 5.71. The van der Waals surface area contributed by atoms with E-state index in [2.05, 4.69) is 33.9 Å². The van der Waals surface area contributed by atoms with Gasteiger partial charge in [-0.05, 0) is 48.8 Å². The van der Waals surface area contributed by atoms with Crippen LogP contribution in [-0.4, -0.2) is 31.0 Å². The minimum atomic E-state index is -0.638. The average molecular weight is 339 g/mol. The Labute approximate surface area is 149 Å². The first-order chi connectivity index (χ1) is 12.2. The quantitative estimate of drug-likeness (QED) is 0.675. The van der Waals surface area contributed by atoms with Gasteiger partial charge >= 0.3 is 5.97 Å². The summed E-state index contributed by atoms with van der Waals surface area (Å²) in [6.45, 7) is 0.856. The molecule has 1 heterocycles. The number of nitrogens with zero attached hydrogens (tertiary/aromatic N) is 1. The molecular weight excluding hydrogens is 314 g/mol. The maximum Gasteiger partial charge on any atom is 0.330 e. The number of hydrogen-bond donors (Lipinski definition) is 1. The Morgan fingerprint density at radius 1 is 1.36 bits per heavy atom. The molecule has 4 nitrogen and oxygen atoms in total. The van der Waals surface area contributed by atoms with Crippen molar-refractivity contribution in [1.29, 1.82) is 0 Å². The third-order valence-corrected chi connectivity index (χ3v) is 4.83. The summed E-state index contributed by atoms with van der Waals surface area (Å²) < 4.78 is 4.61. The minimum absolute atomic E-state index is 0.159. The lowest BCUT2D eigenvalue weighted by atomic mass is 9.95. The van der Waals surface area contributed by atoms with Crippen molar-refractivity contribution in [3.63, 3.8) is 0 Å². The lowest BCUT2D eigenvalue weighted by Crippen LogP contribution is -2.37. The Balaban J connectivity index is 1.71. The summed E-state index contributed by atoms with van der Waals surface area (Å²) in [5.41, 5.74) is 3.35. The number of methoxy groups -OCH3 is 1. The molecule has 3 rings (SSSR count). The molecule has 4 heteroatoms. The van der Waals surface area contributed by atoms with Crippen LogP contribution in [0, 0.1) is 5.92 Å². The molecule has 1 N–H and O–H groups in total. The van der Waals surface area contributed by atoms with Crippen molar-refractivity contribution in [2.24, 2.45) is 5.92 Å². The summed E-state index contributed by atoms with van der Waals surface area (Å²) in [7, 11) is 1.37. The monoisotopic (exact) mass is 339 g/mol. The van der Waals surface area contributed by atoms with Crippen LogP contribution >= 0.6 is 0 Å². The van der Waals surface area contributed by atoms with Gasteiger partial charge in [0.25, 0.3) is 0 Å². The second kappa shape index (κ2) is 8.17. The van der Waals surface area contributed by atoms with Crippen LogP contribution in [-0.2, 0) is 16.0 Å². The molecule has 0 saturated carbocycles. The zero-order valence-electron chi connectivity index (χ0n) is 14.6. The zero-order chi connectivity index (χ0) is 17.6. The van der Waals surface area contributed by atoms with Crippen LogP contribution in [0.5, 0.6) is 0 Å². The number of hydrogen-bond acceptors (Lipinski definition) is 4. The van der Waals surface area contributed by atoms with E-state index in [1.165, 1.54) is 18.7 Å². The number of carbonyl (C=O) groups excluding carboxylic acids is 1. The Morgan fingerprint density at radius 3 is 2.96 bits per heavy atom. The number of anilines is 1. The largest absolute Gasteiger partial charge is 0.466 e. The molecule has 1 aliphatic carbocycles. The number of fused-ring (bicyclic) bond motifs is 1. The Morgan fingerprint density at radius 2 is 2.20 bits per heavy atom. The van der Waals surface area contributed by atoms with E-state index in [1.54, 1.807) is 0 Å². The van der Waals surface area contributed by atoms with Crippen LogP contribution in [0.25, 0.3) is 0 Å². The number of benzene rings is 1. The number of allylic oxidation sites excluding steroid dienone is 3. The lowest BCUT2D eigenvalue weighted by Gasteiger charge is -2.32. The van der Waals surface area contributed by atoms with Crippen molar-refractivity contribution in [2.75, 3.05) is 18.6 Å². The molecule has 0 amide bonds. The molecule has 1 aliphatic heterocycles. The predicted octanol–water partition coefficient (Wildman–Crippen LogP) is 3.38. The number of aliphatic hydroxyl groups is 1. The molecule has 2 aliphatic rings. The maximum absolute atomic E-state index is 11.2. The summed E-state index contributed by atoms with van der Waals surface area (Å²) in [5, 5.41) is 10.9. The number of aryl methyl sites for hydroxylation is 1. The molecule has 0 radical (unpaired) electrons. The third kappa shape index (κ3) is 4.20. The summed E-state index contributed by atoms with van der Waals surface area (Å²) in [4.78, 5) is 13.3. The predicted molar refractivity (Wildman–Crippen MR) is 99.2 cm³/mol. The molecule has 0 spiro atoms. The van der Waals surface area contributed by atoms with E-state index < -0.39 is 6.23 Å². The Hall–Kier alpha value is -2.33. The molecule has 0 bridgehead atoms. The van der Waals surface area contributed by atoms with Gasteiger partial charge in [0.15, 0.2) is 6.23 Å². The van der Waals surface area contributed by atoms with Gasteiger partial charge in [-0.25, -0.2) is 4.79 Å². The van der Waals surface area contributed by atoms with Crippen LogP contribution in [0.4, 0.5) is 5.69 Å². The first-order valence-corrected chi connectivity index (χ1v) is 8.86. The number of aliphatic hydroxyl groups excluding tert-OH is 1. The molecule has 0 aromatic heterocycles. The van der Waals surface area contributed by atoms with E-state index in [0.717, 1.165) is 43.5 Å². The van der Waals surface area contributed by atoms with Gasteiger partial charge in [0, 0.05) is 18.3 Å². The molecule has 132 valence electrons. The van der Waals surface area contributed by atoms with E-state index in [-0.39, 0.29) is 11.9 Å². The second-order valence-corrected chi connectivity index (χ2v) is 6.50. The highest BCUT2D eigenvalue weighted by atomic mass is 16.5. The minimum Gasteiger partial charge on any atom is -0.466 e. The van der Waals surface area contributed by atoms with E-state index in [4.69, 9.17) is 0 Å². The van der Waals surface area contributed by atoms with Gasteiger partial charge in [-0.1, -0.05) is 42.5 Å². The summed E-state index contributed by atoms with van der Waals surface area (Å²) >= 11 is 0. The zero-order valence-corrected chi connectivity index (χ0v) is 14.6. The average Bonchev–Trinajstić information content (AvgIpc) is 2.88. The smallest absolute Gasteiger partial charge is 0.330 e. The standard InChI is InChI=1S/C21H25NO3/c1-25-20(23)14-11-16-9-12-18(13-10-16)21(24)22-15-5-4-7-17-6-2-3-8-19(17)22/h2-3,6,8-9,11-14,16,21,24H,4-5,7,10,15H2,1H3/b14-11+. The van der Waals surface area contributed by atoms with Crippen LogP contribution in [0.1, 0.15) is 24.8 Å². The van der Waals surface area contributed by atoms with Gasteiger partial charge in [0.05, 0.1) is 7.11 Å². The van der Waals surface area contributed by atoms with Crippen LogP contribution < -0.4 is 4.90 Å². The summed E-state index contributed by atoms with van der Waals surface area (Å²) in [6.07, 6.45) is 12.8. The second-order valence-electron chi connectivity index (χ2n) is 6.50. The van der Waals surface area contributed by atoms with E-state index in [9.17, 15) is 9.90 Å². The fourth-order valence-corrected chi connectivity index (χ4v) is 3.41. The van der Waals surface area contributed by atoms with Crippen LogP contribution in [0.15, 0.2) is 60.2 Å². The number of para-hydroxylation sites is 1. The molecule has 1 aromatic carbocycles. The topological polar surface area (TPSA) is 49.8 Å². The van der Waals surface area contributed by atoms with Crippen LogP contribution in [0.2, 0.25) is 0 Å². The van der Waals surface area contributed by atoms with E-state index >= 15 is 0 Å². The van der Waals surface area contributed by atoms with Crippen LogP contribution in [0.3, 0.4) is 0 Å². The molecule has 25 heavy (non-hydrogen) atoms. The van der Waals surface area contributed by atoms with E-state index in [1.807, 2.05) is 24.3 Å². The van der Waals surface area contributed by atoms with Gasteiger partial charge in [-0.2, -0.15) is 0 Å². The highest BCUT2D eigenvalue weighted by Gasteiger charge is 2.24. The van der Waals surface area contributed by atoms with Crippen molar-refractivity contribution in [2.45, 2.75) is 31.9 Å². The highest BCUT2D eigenvalue weighted by Crippen LogP contribution is 2.30. The van der Waals surface area contributed by atoms with Crippen molar-refractivity contribution in [3.8, 4) is 0 Å². The van der Waals surface area contributed by atoms with Crippen molar-refractivity contribution >= 4 is 11.7 Å². The van der Waals surface area contributed by atoms with E-state index in [0.29, 0.717) is 0 Å². The number of rotatable bonds is 4. The molecule has 2 atom stereocenters. The van der Waals surface area contributed by atoms with Gasteiger partial charge in [0.1, 0.15) is 0 Å². The fourth-order valence-electron chi connectivity index (χ4n) is 3.41. The third-order valence-electron chi connectivity index (χ3n) is 4.83. The molecule has 1 aromatic rings. The van der Waals surface area contributed by atoms with Gasteiger partial charge < -0.3 is 14.7 Å². The first-order valence-electron chi connectivity index (χ1n) is 8.86. The SMILES string of the molecule is COC(=O)/C=C/C1C=CC(C(O)N2CCCCc3ccccc32)=CC1. The van der Waals surface area contributed by atoms with Gasteiger partial charge in [-0.3, -0.25) is 0 Å². The first kappa shape index (κ1) is 17.5. The molecular formula is C21H25NO3. The number of esters is 1. The number of ether oxygens (including phenoxy) is 1. The van der Waals surface area contributed by atoms with Crippen molar-refractivity contribution in [3.05, 3.63) is 65.8 Å². The Bertz CT molecular complexity index is 705. The summed E-state index contributed by atoms with van der Waals surface area (Å²) in [5.74, 6) is -0.184. The normalized spacial score (nSPS) is 21.4. The van der Waals surface area contributed by atoms with Gasteiger partial charge in [-0.15, -0.1) is 0 Å². The molecule has 0 fully saturated rings. The maximum atomic E-state index is 11.2. The highest BCUT2D eigenvalue weighted by molar-refractivity contribution is 5.81. The van der Waals surface area contributed by atoms with Crippen molar-refractivity contribution in [1.82, 2.24) is 0 Å². The molecule has 2 unspecified atom stereocenters. The van der Waals surface area contributed by atoms with Crippen molar-refractivity contribution < 1.29 is 14.6 Å². The molecule has 0 saturated heterocycles. The lowest BCUT2D eigenvalue weighted by molar-refractivity contribution is -0.134. The fraction of sp³-hybridized carbons (Fsp3) is 0.381. The summed E-state index contributed by atoms with van der Waals surface area (Å²) in [6, 6.07) is 8.34.